The van der Waals surface area contributed by atoms with Gasteiger partial charge in [0.25, 0.3) is 11.8 Å². The summed E-state index contributed by atoms with van der Waals surface area (Å²) < 4.78 is 57.2. The summed E-state index contributed by atoms with van der Waals surface area (Å²) in [5.41, 5.74) is 3.69. The van der Waals surface area contributed by atoms with E-state index < -0.39 is 51.8 Å². The number of amides is 4. The largest absolute Gasteiger partial charge is 0.490 e. The summed E-state index contributed by atoms with van der Waals surface area (Å²) in [4.78, 5) is 71.8. The van der Waals surface area contributed by atoms with Crippen molar-refractivity contribution in [3.63, 3.8) is 0 Å². The van der Waals surface area contributed by atoms with E-state index in [4.69, 9.17) is 14.9 Å². The highest BCUT2D eigenvalue weighted by molar-refractivity contribution is 7.92. The minimum Gasteiger partial charge on any atom is -0.475 e. The monoisotopic (exact) mass is 819 g/mol. The molecule has 19 heteroatoms. The van der Waals surface area contributed by atoms with Crippen LogP contribution >= 0.6 is 0 Å². The number of anilines is 3. The molecule has 0 aliphatic carbocycles. The first kappa shape index (κ1) is 41.1. The van der Waals surface area contributed by atoms with Crippen LogP contribution in [-0.4, -0.2) is 96.1 Å². The minimum atomic E-state index is -5.08. The smallest absolute Gasteiger partial charge is 0.475 e. The Hall–Kier alpha value is -6.55. The van der Waals surface area contributed by atoms with Gasteiger partial charge in [-0.3, -0.25) is 34.1 Å². The number of carboxylic acids is 1. The average molecular weight is 820 g/mol. The number of nitrogens with zero attached hydrogens (tertiary/aromatic N) is 4. The number of halogens is 3. The van der Waals surface area contributed by atoms with Gasteiger partial charge in [0.1, 0.15) is 11.9 Å². The second kappa shape index (κ2) is 16.9. The number of aromatic nitrogens is 2. The molecule has 58 heavy (non-hydrogen) atoms. The quantitative estimate of drug-likeness (QED) is 0.147. The number of carboxylic acid groups (broad SMARTS) is 1. The van der Waals surface area contributed by atoms with Gasteiger partial charge < -0.3 is 15.3 Å². The van der Waals surface area contributed by atoms with Crippen LogP contribution < -0.4 is 20.3 Å². The molecule has 1 aromatic heterocycles. The van der Waals surface area contributed by atoms with Crippen molar-refractivity contribution in [3.8, 4) is 11.8 Å². The second-order valence-corrected chi connectivity index (χ2v) is 15.4. The number of benzene rings is 3. The minimum absolute atomic E-state index is 0.0740. The third-order valence-corrected chi connectivity index (χ3v) is 10.1. The number of fused-ring (bicyclic) bond motifs is 2. The third kappa shape index (κ3) is 9.87. The number of carbonyl (C=O) groups excluding carboxylic acids is 4. The van der Waals surface area contributed by atoms with Crippen LogP contribution in [0.25, 0.3) is 10.9 Å². The molecular weight excluding hydrogens is 784 g/mol. The average Bonchev–Trinajstić information content (AvgIpc) is 3.42. The van der Waals surface area contributed by atoms with Crippen LogP contribution in [-0.2, 0) is 30.8 Å². The van der Waals surface area contributed by atoms with Gasteiger partial charge in [-0.15, -0.1) is 0 Å². The zero-order valence-corrected chi connectivity index (χ0v) is 31.6. The molecule has 1 atom stereocenters. The van der Waals surface area contributed by atoms with E-state index in [1.54, 1.807) is 24.3 Å². The summed E-state index contributed by atoms with van der Waals surface area (Å²) >= 11 is 0. The lowest BCUT2D eigenvalue weighted by Gasteiger charge is -2.31. The van der Waals surface area contributed by atoms with E-state index in [1.165, 1.54) is 0 Å². The molecule has 2 saturated heterocycles. The van der Waals surface area contributed by atoms with Crippen molar-refractivity contribution >= 4 is 67.7 Å². The molecule has 15 nitrogen and oxygen atoms in total. The highest BCUT2D eigenvalue weighted by atomic mass is 32.2. The van der Waals surface area contributed by atoms with E-state index in [-0.39, 0.29) is 29.9 Å². The van der Waals surface area contributed by atoms with Crippen molar-refractivity contribution in [1.82, 2.24) is 20.2 Å². The molecule has 0 radical (unpaired) electrons. The molecule has 3 aliphatic heterocycles. The van der Waals surface area contributed by atoms with Crippen molar-refractivity contribution in [2.45, 2.75) is 44.3 Å². The Morgan fingerprint density at radius 1 is 0.948 bits per heavy atom. The lowest BCUT2D eigenvalue weighted by atomic mass is 9.96. The maximum Gasteiger partial charge on any atom is 0.490 e. The molecule has 0 spiro atoms. The van der Waals surface area contributed by atoms with Crippen molar-refractivity contribution < 1.29 is 50.7 Å². The fourth-order valence-electron chi connectivity index (χ4n) is 6.65. The summed E-state index contributed by atoms with van der Waals surface area (Å²) in [6.07, 6.45) is -1.50. The molecule has 0 bridgehead atoms. The summed E-state index contributed by atoms with van der Waals surface area (Å²) in [6, 6.07) is 19.2. The molecule has 1 unspecified atom stereocenters. The molecule has 7 rings (SSSR count). The first-order chi connectivity index (χ1) is 27.5. The Morgan fingerprint density at radius 2 is 1.62 bits per heavy atom. The molecule has 302 valence electrons. The van der Waals surface area contributed by atoms with E-state index in [0.717, 1.165) is 46.2 Å². The summed E-state index contributed by atoms with van der Waals surface area (Å²) in [6.45, 7) is 2.00. The molecule has 0 saturated carbocycles. The maximum absolute atomic E-state index is 13.3. The summed E-state index contributed by atoms with van der Waals surface area (Å²) in [5, 5.41) is 13.7. The van der Waals surface area contributed by atoms with Crippen LogP contribution in [0.15, 0.2) is 66.7 Å². The molecule has 4 amide bonds. The lowest BCUT2D eigenvalue weighted by molar-refractivity contribution is -0.192. The molecule has 4 heterocycles. The maximum atomic E-state index is 13.3. The van der Waals surface area contributed by atoms with Crippen molar-refractivity contribution in [3.05, 3.63) is 89.2 Å². The molecule has 2 fully saturated rings. The summed E-state index contributed by atoms with van der Waals surface area (Å²) in [5.74, 6) is 2.96. The predicted molar refractivity (Wildman–Crippen MR) is 205 cm³/mol. The normalized spacial score (nSPS) is 17.1. The number of carbonyl (C=O) groups is 5. The zero-order chi connectivity index (χ0) is 41.8. The SMILES string of the molecule is CS(=O)(=O)Nc1ccc(CCNc2nc(C#CC3CCN(c4ccc5c(c4)C(=O)N(C4CCC(=O)NC4=O)C5=O)CC3)nc3ccccc23)cc1.O=C(O)C(F)(F)F. The van der Waals surface area contributed by atoms with Gasteiger partial charge in [0.05, 0.1) is 22.9 Å². The number of nitrogens with one attached hydrogen (secondary N) is 3. The Labute approximate surface area is 330 Å². The molecule has 3 aliphatic rings. The van der Waals surface area contributed by atoms with Gasteiger partial charge in [-0.05, 0) is 79.6 Å². The van der Waals surface area contributed by atoms with Gasteiger partial charge in [0.2, 0.25) is 27.7 Å². The number of para-hydroxylation sites is 1. The number of alkyl halides is 3. The molecule has 4 aromatic rings. The van der Waals surface area contributed by atoms with Crippen LogP contribution in [0, 0.1) is 17.8 Å². The fraction of sp³-hybridized carbons (Fsp3) is 0.308. The van der Waals surface area contributed by atoms with Crippen LogP contribution in [0.3, 0.4) is 0 Å². The number of piperidine rings is 2. The Bertz CT molecular complexity index is 2460. The fourth-order valence-corrected chi connectivity index (χ4v) is 7.21. The van der Waals surface area contributed by atoms with Crippen molar-refractivity contribution in [1.29, 1.82) is 0 Å². The third-order valence-electron chi connectivity index (χ3n) is 9.48. The van der Waals surface area contributed by atoms with Gasteiger partial charge in [-0.25, -0.2) is 23.2 Å². The van der Waals surface area contributed by atoms with Crippen LogP contribution in [0.5, 0.6) is 0 Å². The van der Waals surface area contributed by atoms with Crippen LogP contribution in [0.1, 0.15) is 57.8 Å². The van der Waals surface area contributed by atoms with Crippen molar-refractivity contribution in [2.24, 2.45) is 5.92 Å². The van der Waals surface area contributed by atoms with Crippen molar-refractivity contribution in [2.75, 3.05) is 40.8 Å². The number of rotatable bonds is 8. The number of imide groups is 2. The Balaban J connectivity index is 0.000000743. The Morgan fingerprint density at radius 3 is 2.28 bits per heavy atom. The first-order valence-corrected chi connectivity index (χ1v) is 19.9. The van der Waals surface area contributed by atoms with E-state index in [0.29, 0.717) is 43.4 Å². The van der Waals surface area contributed by atoms with Crippen LogP contribution in [0.2, 0.25) is 0 Å². The van der Waals surface area contributed by atoms with E-state index in [1.807, 2.05) is 42.5 Å². The van der Waals surface area contributed by atoms with Gasteiger partial charge in [0.15, 0.2) is 0 Å². The number of hydrogen-bond donors (Lipinski definition) is 4. The molecule has 4 N–H and O–H groups in total. The zero-order valence-electron chi connectivity index (χ0n) is 30.8. The van der Waals surface area contributed by atoms with Gasteiger partial charge in [-0.2, -0.15) is 13.2 Å². The van der Waals surface area contributed by atoms with E-state index in [9.17, 15) is 40.8 Å². The second-order valence-electron chi connectivity index (χ2n) is 13.7. The predicted octanol–water partition coefficient (Wildman–Crippen LogP) is 3.96. The summed E-state index contributed by atoms with van der Waals surface area (Å²) in [7, 11) is -3.33. The van der Waals surface area contributed by atoms with Gasteiger partial charge >= 0.3 is 12.1 Å². The topological polar surface area (TPSA) is 208 Å². The number of aliphatic carboxylic acids is 1. The first-order valence-electron chi connectivity index (χ1n) is 18.0. The number of hydrogen-bond acceptors (Lipinski definition) is 11. The number of sulfonamides is 1. The standard InChI is InChI=1S/C37H35N7O6S.C2HF3O2/c1-51(49,50)42-25-9-6-23(7-10-25)16-19-38-34-28-4-2-3-5-30(28)39-32(40-34)14-8-24-17-20-43(21-18-24)26-11-12-27-29(22-26)37(48)44(36(27)47)31-13-15-33(45)41-35(31)46;3-2(4,5)1(6)7/h2-7,9-12,22,24,31,42H,13,15-21H2,1H3,(H,38,39,40)(H,41,45,46);(H,6,7). The highest BCUT2D eigenvalue weighted by Gasteiger charge is 2.45. The van der Waals surface area contributed by atoms with Gasteiger partial charge in [0, 0.05) is 48.7 Å². The van der Waals surface area contributed by atoms with E-state index >= 15 is 0 Å². The highest BCUT2D eigenvalue weighted by Crippen LogP contribution is 2.32. The van der Waals surface area contributed by atoms with E-state index in [2.05, 4.69) is 37.1 Å². The lowest BCUT2D eigenvalue weighted by Crippen LogP contribution is -2.54. The molecule has 3 aromatic carbocycles. The Kier molecular flexibility index (Phi) is 12.0. The van der Waals surface area contributed by atoms with Crippen LogP contribution in [0.4, 0.5) is 30.4 Å². The van der Waals surface area contributed by atoms with Gasteiger partial charge in [-0.1, -0.05) is 30.2 Å². The molecular formula is C39H36F3N7O8S.